The molecule has 6 nitrogen and oxygen atoms in total. The van der Waals surface area contributed by atoms with Crippen molar-refractivity contribution in [3.05, 3.63) is 77.0 Å². The van der Waals surface area contributed by atoms with Gasteiger partial charge in [-0.15, -0.1) is 6.58 Å². The molecule has 0 spiro atoms. The standard InChI is InChI=1S/C24H22ClN3O3/c1-5-12-27-18-8-6-7-9-19(18)28-24(27)22(15(2)26-28)20(29)11-10-16-13-17(25)23(31-4)21(14-16)30-3/h5-11,13-14H,1,12H2,2-4H3. The lowest BCUT2D eigenvalue weighted by atomic mass is 10.1. The Balaban J connectivity index is 1.81. The number of hydrogen-bond acceptors (Lipinski definition) is 4. The molecule has 0 aliphatic rings. The summed E-state index contributed by atoms with van der Waals surface area (Å²) < 4.78 is 14.5. The number of nitrogens with zero attached hydrogens (tertiary/aromatic N) is 3. The molecular formula is C24H22ClN3O3. The summed E-state index contributed by atoms with van der Waals surface area (Å²) >= 11 is 6.28. The Morgan fingerprint density at radius 3 is 2.61 bits per heavy atom. The number of aromatic nitrogens is 3. The quantitative estimate of drug-likeness (QED) is 0.223. The van der Waals surface area contributed by atoms with Crippen LogP contribution in [0.4, 0.5) is 0 Å². The van der Waals surface area contributed by atoms with Crippen molar-refractivity contribution in [2.24, 2.45) is 0 Å². The van der Waals surface area contributed by atoms with E-state index >= 15 is 0 Å². The van der Waals surface area contributed by atoms with Crippen molar-refractivity contribution in [3.63, 3.8) is 0 Å². The minimum absolute atomic E-state index is 0.147. The molecule has 0 saturated heterocycles. The van der Waals surface area contributed by atoms with Gasteiger partial charge < -0.3 is 14.0 Å². The van der Waals surface area contributed by atoms with Gasteiger partial charge in [0.1, 0.15) is 5.65 Å². The number of para-hydroxylation sites is 2. The Hall–Kier alpha value is -3.51. The fourth-order valence-electron chi connectivity index (χ4n) is 3.81. The Morgan fingerprint density at radius 2 is 1.94 bits per heavy atom. The van der Waals surface area contributed by atoms with Crippen LogP contribution in [0, 0.1) is 6.92 Å². The summed E-state index contributed by atoms with van der Waals surface area (Å²) in [5, 5.41) is 5.04. The molecule has 0 saturated carbocycles. The molecule has 0 aliphatic heterocycles. The predicted octanol–water partition coefficient (Wildman–Crippen LogP) is 5.35. The Labute approximate surface area is 184 Å². The average molecular weight is 436 g/mol. The van der Waals surface area contributed by atoms with Gasteiger partial charge in [0.2, 0.25) is 0 Å². The number of imidazole rings is 1. The third-order valence-corrected chi connectivity index (χ3v) is 5.41. The first-order valence-electron chi connectivity index (χ1n) is 9.71. The summed E-state index contributed by atoms with van der Waals surface area (Å²) in [5.41, 5.74) is 4.63. The lowest BCUT2D eigenvalue weighted by Crippen LogP contribution is -2.02. The predicted molar refractivity (Wildman–Crippen MR) is 124 cm³/mol. The monoisotopic (exact) mass is 435 g/mol. The third kappa shape index (κ3) is 3.49. The maximum Gasteiger partial charge on any atom is 0.191 e. The molecule has 7 heteroatoms. The van der Waals surface area contributed by atoms with Crippen molar-refractivity contribution in [1.29, 1.82) is 0 Å². The molecule has 0 bridgehead atoms. The Bertz CT molecular complexity index is 1350. The van der Waals surface area contributed by atoms with Crippen LogP contribution in [0.1, 0.15) is 21.6 Å². The van der Waals surface area contributed by atoms with E-state index < -0.39 is 0 Å². The first-order chi connectivity index (χ1) is 15.0. The van der Waals surface area contributed by atoms with E-state index in [1.807, 2.05) is 41.8 Å². The van der Waals surface area contributed by atoms with Gasteiger partial charge in [0.05, 0.1) is 41.5 Å². The van der Waals surface area contributed by atoms with Gasteiger partial charge in [0.15, 0.2) is 17.3 Å². The van der Waals surface area contributed by atoms with Gasteiger partial charge >= 0.3 is 0 Å². The SMILES string of the molecule is C=CCn1c2ccccc2n2nc(C)c(C(=O)C=Cc3cc(Cl)c(OC)c(OC)c3)c12. The van der Waals surface area contributed by atoms with Crippen LogP contribution < -0.4 is 9.47 Å². The molecule has 2 aromatic carbocycles. The number of benzene rings is 2. The molecule has 0 aliphatic carbocycles. The normalized spacial score (nSPS) is 11.5. The number of halogens is 1. The van der Waals surface area contributed by atoms with E-state index in [2.05, 4.69) is 16.2 Å². The van der Waals surface area contributed by atoms with E-state index in [4.69, 9.17) is 21.1 Å². The summed E-state index contributed by atoms with van der Waals surface area (Å²) in [4.78, 5) is 13.2. The zero-order valence-electron chi connectivity index (χ0n) is 17.6. The summed E-state index contributed by atoms with van der Waals surface area (Å²) in [7, 11) is 3.07. The molecule has 0 unspecified atom stereocenters. The minimum atomic E-state index is -0.147. The molecular weight excluding hydrogens is 414 g/mol. The number of allylic oxidation sites excluding steroid dienone is 2. The molecule has 2 heterocycles. The number of ether oxygens (including phenoxy) is 2. The molecule has 31 heavy (non-hydrogen) atoms. The van der Waals surface area contributed by atoms with Crippen LogP contribution in [0.25, 0.3) is 22.8 Å². The molecule has 158 valence electrons. The number of methoxy groups -OCH3 is 2. The van der Waals surface area contributed by atoms with Gasteiger partial charge in [-0.1, -0.05) is 35.9 Å². The zero-order chi connectivity index (χ0) is 22.1. The van der Waals surface area contributed by atoms with Gasteiger partial charge in [-0.25, -0.2) is 4.52 Å². The highest BCUT2D eigenvalue weighted by Gasteiger charge is 2.22. The molecule has 2 aromatic heterocycles. The van der Waals surface area contributed by atoms with Gasteiger partial charge in [-0.05, 0) is 42.8 Å². The maximum atomic E-state index is 13.2. The molecule has 0 atom stereocenters. The number of fused-ring (bicyclic) bond motifs is 3. The largest absolute Gasteiger partial charge is 0.493 e. The smallest absolute Gasteiger partial charge is 0.191 e. The van der Waals surface area contributed by atoms with Crippen LogP contribution in [0.2, 0.25) is 5.02 Å². The number of carbonyl (C=O) groups excluding carboxylic acids is 1. The van der Waals surface area contributed by atoms with E-state index in [0.29, 0.717) is 34.3 Å². The van der Waals surface area contributed by atoms with Crippen LogP contribution in [-0.2, 0) is 6.54 Å². The second kappa shape index (κ2) is 8.32. The van der Waals surface area contributed by atoms with Crippen molar-refractivity contribution >= 4 is 40.1 Å². The summed E-state index contributed by atoms with van der Waals surface area (Å²) in [5.74, 6) is 0.805. The van der Waals surface area contributed by atoms with E-state index in [0.717, 1.165) is 22.2 Å². The van der Waals surface area contributed by atoms with Crippen LogP contribution in [-0.4, -0.2) is 34.2 Å². The van der Waals surface area contributed by atoms with Gasteiger partial charge in [0.25, 0.3) is 0 Å². The van der Waals surface area contributed by atoms with Crippen LogP contribution in [0.3, 0.4) is 0 Å². The zero-order valence-corrected chi connectivity index (χ0v) is 18.3. The summed E-state index contributed by atoms with van der Waals surface area (Å²) in [6, 6.07) is 11.4. The highest BCUT2D eigenvalue weighted by molar-refractivity contribution is 6.32. The lowest BCUT2D eigenvalue weighted by molar-refractivity contribution is 0.104. The number of aryl methyl sites for hydroxylation is 1. The highest BCUT2D eigenvalue weighted by Crippen LogP contribution is 2.36. The second-order valence-corrected chi connectivity index (χ2v) is 7.43. The number of carbonyl (C=O) groups is 1. The van der Waals surface area contributed by atoms with E-state index in [1.54, 1.807) is 18.2 Å². The van der Waals surface area contributed by atoms with E-state index in [-0.39, 0.29) is 5.78 Å². The first-order valence-corrected chi connectivity index (χ1v) is 10.1. The molecule has 4 rings (SSSR count). The van der Waals surface area contributed by atoms with Gasteiger partial charge in [-0.3, -0.25) is 4.79 Å². The van der Waals surface area contributed by atoms with Crippen molar-refractivity contribution in [2.45, 2.75) is 13.5 Å². The number of rotatable bonds is 7. The van der Waals surface area contributed by atoms with Gasteiger partial charge in [0, 0.05) is 6.54 Å². The molecule has 4 aromatic rings. The minimum Gasteiger partial charge on any atom is -0.493 e. The fourth-order valence-corrected chi connectivity index (χ4v) is 4.11. The topological polar surface area (TPSA) is 57.8 Å². The second-order valence-electron chi connectivity index (χ2n) is 7.02. The van der Waals surface area contributed by atoms with Crippen LogP contribution in [0.15, 0.2) is 55.1 Å². The lowest BCUT2D eigenvalue weighted by Gasteiger charge is -2.10. The van der Waals surface area contributed by atoms with Gasteiger partial charge in [-0.2, -0.15) is 5.10 Å². The van der Waals surface area contributed by atoms with Crippen molar-refractivity contribution in [1.82, 2.24) is 14.2 Å². The van der Waals surface area contributed by atoms with E-state index in [9.17, 15) is 4.79 Å². The molecule has 0 N–H and O–H groups in total. The maximum absolute atomic E-state index is 13.2. The summed E-state index contributed by atoms with van der Waals surface area (Å²) in [6.07, 6.45) is 5.04. The number of ketones is 1. The highest BCUT2D eigenvalue weighted by atomic mass is 35.5. The summed E-state index contributed by atoms with van der Waals surface area (Å²) in [6.45, 7) is 6.27. The first kappa shape index (κ1) is 20.8. The number of hydrogen-bond donors (Lipinski definition) is 0. The average Bonchev–Trinajstić information content (AvgIpc) is 3.25. The van der Waals surface area contributed by atoms with Crippen LogP contribution >= 0.6 is 11.6 Å². The molecule has 0 fully saturated rings. The third-order valence-electron chi connectivity index (χ3n) is 5.13. The van der Waals surface area contributed by atoms with E-state index in [1.165, 1.54) is 20.3 Å². The van der Waals surface area contributed by atoms with Crippen LogP contribution in [0.5, 0.6) is 11.5 Å². The van der Waals surface area contributed by atoms with Crippen molar-refractivity contribution in [3.8, 4) is 11.5 Å². The Kier molecular flexibility index (Phi) is 5.57. The molecule has 0 amide bonds. The molecule has 0 radical (unpaired) electrons. The van der Waals surface area contributed by atoms with Crippen molar-refractivity contribution in [2.75, 3.05) is 14.2 Å². The van der Waals surface area contributed by atoms with Crippen molar-refractivity contribution < 1.29 is 14.3 Å². The fraction of sp³-hybridized carbons (Fsp3) is 0.167. The Morgan fingerprint density at radius 1 is 1.19 bits per heavy atom.